The average Bonchev–Trinajstić information content (AvgIpc) is 2.13. The van der Waals surface area contributed by atoms with Crippen molar-refractivity contribution in [1.82, 2.24) is 0 Å². The zero-order valence-electron chi connectivity index (χ0n) is 7.92. The molecule has 0 atom stereocenters. The standard InChI is InChI=1S/C9H7ClF3NO2/c10-8-3-1-2-7(9(11,12)13)6(8)4-5-14(15)16/h1-3H,4-5H2. The van der Waals surface area contributed by atoms with Gasteiger partial charge < -0.3 is 0 Å². The summed E-state index contributed by atoms with van der Waals surface area (Å²) in [6, 6.07) is 3.31. The fourth-order valence-electron chi connectivity index (χ4n) is 1.28. The van der Waals surface area contributed by atoms with Gasteiger partial charge in [-0.3, -0.25) is 10.1 Å². The molecule has 0 saturated carbocycles. The van der Waals surface area contributed by atoms with Gasteiger partial charge in [0.2, 0.25) is 6.54 Å². The lowest BCUT2D eigenvalue weighted by atomic mass is 10.0. The lowest BCUT2D eigenvalue weighted by Gasteiger charge is -2.12. The van der Waals surface area contributed by atoms with Crippen molar-refractivity contribution in [2.75, 3.05) is 6.54 Å². The van der Waals surface area contributed by atoms with E-state index in [4.69, 9.17) is 11.6 Å². The van der Waals surface area contributed by atoms with E-state index in [1.54, 1.807) is 0 Å². The Kier molecular flexibility index (Phi) is 3.74. The molecule has 0 fully saturated rings. The Balaban J connectivity index is 3.09. The molecular weight excluding hydrogens is 247 g/mol. The van der Waals surface area contributed by atoms with Gasteiger partial charge >= 0.3 is 6.18 Å². The number of halogens is 4. The van der Waals surface area contributed by atoms with E-state index in [2.05, 4.69) is 0 Å². The smallest absolute Gasteiger partial charge is 0.265 e. The molecule has 88 valence electrons. The zero-order chi connectivity index (χ0) is 12.3. The molecule has 0 spiro atoms. The predicted molar refractivity (Wildman–Crippen MR) is 52.0 cm³/mol. The van der Waals surface area contributed by atoms with Crippen molar-refractivity contribution in [3.05, 3.63) is 44.5 Å². The largest absolute Gasteiger partial charge is 0.416 e. The first-order valence-electron chi connectivity index (χ1n) is 4.28. The zero-order valence-corrected chi connectivity index (χ0v) is 8.68. The molecule has 0 aliphatic heterocycles. The van der Waals surface area contributed by atoms with Crippen LogP contribution in [0.2, 0.25) is 5.02 Å². The first-order valence-corrected chi connectivity index (χ1v) is 4.66. The van der Waals surface area contributed by atoms with Crippen molar-refractivity contribution < 1.29 is 18.1 Å². The molecule has 1 rings (SSSR count). The van der Waals surface area contributed by atoms with Crippen LogP contribution in [0.4, 0.5) is 13.2 Å². The van der Waals surface area contributed by atoms with Crippen LogP contribution in [-0.4, -0.2) is 11.5 Å². The fraction of sp³-hybridized carbons (Fsp3) is 0.333. The van der Waals surface area contributed by atoms with Crippen LogP contribution in [0.5, 0.6) is 0 Å². The van der Waals surface area contributed by atoms with Crippen LogP contribution < -0.4 is 0 Å². The summed E-state index contributed by atoms with van der Waals surface area (Å²) >= 11 is 5.60. The van der Waals surface area contributed by atoms with Gasteiger partial charge in [0.1, 0.15) is 0 Å². The molecule has 0 heterocycles. The summed E-state index contributed by atoms with van der Waals surface area (Å²) in [5.74, 6) is 0. The van der Waals surface area contributed by atoms with Gasteiger partial charge in [-0.05, 0) is 17.7 Å². The van der Waals surface area contributed by atoms with Gasteiger partial charge in [0.05, 0.1) is 5.56 Å². The third-order valence-electron chi connectivity index (χ3n) is 1.97. The number of rotatable bonds is 3. The molecule has 1 aromatic carbocycles. The third kappa shape index (κ3) is 3.10. The molecular formula is C9H7ClF3NO2. The molecule has 16 heavy (non-hydrogen) atoms. The topological polar surface area (TPSA) is 43.1 Å². The Hall–Kier alpha value is -1.30. The van der Waals surface area contributed by atoms with Gasteiger partial charge in [-0.2, -0.15) is 13.2 Å². The second kappa shape index (κ2) is 4.69. The van der Waals surface area contributed by atoms with E-state index in [0.29, 0.717) is 0 Å². The molecule has 0 bridgehead atoms. The van der Waals surface area contributed by atoms with Gasteiger partial charge in [-0.25, -0.2) is 0 Å². The normalized spacial score (nSPS) is 11.5. The summed E-state index contributed by atoms with van der Waals surface area (Å²) in [6.07, 6.45) is -4.88. The lowest BCUT2D eigenvalue weighted by Crippen LogP contribution is -2.13. The van der Waals surface area contributed by atoms with Gasteiger partial charge in [-0.15, -0.1) is 0 Å². The molecule has 0 amide bonds. The minimum Gasteiger partial charge on any atom is -0.265 e. The molecule has 1 aromatic rings. The molecule has 0 unspecified atom stereocenters. The quantitative estimate of drug-likeness (QED) is 0.613. The van der Waals surface area contributed by atoms with Crippen molar-refractivity contribution in [2.24, 2.45) is 0 Å². The van der Waals surface area contributed by atoms with Crippen LogP contribution in [0.25, 0.3) is 0 Å². The number of hydrogen-bond acceptors (Lipinski definition) is 2. The Labute approximate surface area is 94.0 Å². The molecule has 0 aliphatic carbocycles. The van der Waals surface area contributed by atoms with E-state index < -0.39 is 23.2 Å². The second-order valence-corrected chi connectivity index (χ2v) is 3.48. The summed E-state index contributed by atoms with van der Waals surface area (Å²) in [4.78, 5) is 9.45. The Morgan fingerprint density at radius 1 is 1.38 bits per heavy atom. The van der Waals surface area contributed by atoms with Crippen molar-refractivity contribution in [3.63, 3.8) is 0 Å². The number of nitrogens with zero attached hydrogens (tertiary/aromatic N) is 1. The minimum absolute atomic E-state index is 0.100. The highest BCUT2D eigenvalue weighted by Gasteiger charge is 2.34. The second-order valence-electron chi connectivity index (χ2n) is 3.07. The molecule has 7 heteroatoms. The van der Waals surface area contributed by atoms with Crippen molar-refractivity contribution in [2.45, 2.75) is 12.6 Å². The summed E-state index contributed by atoms with van der Waals surface area (Å²) in [5, 5.41) is 10.0. The van der Waals surface area contributed by atoms with E-state index >= 15 is 0 Å². The van der Waals surface area contributed by atoms with E-state index in [-0.39, 0.29) is 17.0 Å². The molecule has 0 radical (unpaired) electrons. The van der Waals surface area contributed by atoms with Crippen LogP contribution in [0.15, 0.2) is 18.2 Å². The van der Waals surface area contributed by atoms with Gasteiger partial charge in [0, 0.05) is 16.4 Å². The SMILES string of the molecule is O=[N+]([O-])CCc1c(Cl)cccc1C(F)(F)F. The predicted octanol–water partition coefficient (Wildman–Crippen LogP) is 3.18. The van der Waals surface area contributed by atoms with E-state index in [9.17, 15) is 23.3 Å². The van der Waals surface area contributed by atoms with Crippen molar-refractivity contribution >= 4 is 11.6 Å². The summed E-state index contributed by atoms with van der Waals surface area (Å²) in [6.45, 7) is -0.577. The van der Waals surface area contributed by atoms with Crippen LogP contribution in [0.3, 0.4) is 0 Å². The van der Waals surface area contributed by atoms with Crippen LogP contribution >= 0.6 is 11.6 Å². The Morgan fingerprint density at radius 2 is 2.00 bits per heavy atom. The number of benzene rings is 1. The highest BCUT2D eigenvalue weighted by Crippen LogP contribution is 2.35. The van der Waals surface area contributed by atoms with E-state index in [1.807, 2.05) is 0 Å². The number of alkyl halides is 3. The summed E-state index contributed by atoms with van der Waals surface area (Å²) in [7, 11) is 0. The lowest BCUT2D eigenvalue weighted by molar-refractivity contribution is -0.479. The van der Waals surface area contributed by atoms with E-state index in [0.717, 1.165) is 6.07 Å². The van der Waals surface area contributed by atoms with Crippen molar-refractivity contribution in [3.8, 4) is 0 Å². The number of hydrogen-bond donors (Lipinski definition) is 0. The highest BCUT2D eigenvalue weighted by atomic mass is 35.5. The molecule has 0 aliphatic rings. The third-order valence-corrected chi connectivity index (χ3v) is 2.32. The monoisotopic (exact) mass is 253 g/mol. The highest BCUT2D eigenvalue weighted by molar-refractivity contribution is 6.31. The van der Waals surface area contributed by atoms with Gasteiger partial charge in [0.25, 0.3) is 0 Å². The Bertz CT molecular complexity index is 406. The van der Waals surface area contributed by atoms with Gasteiger partial charge in [-0.1, -0.05) is 17.7 Å². The molecule has 0 saturated heterocycles. The maximum absolute atomic E-state index is 12.5. The van der Waals surface area contributed by atoms with Gasteiger partial charge in [0.15, 0.2) is 0 Å². The molecule has 0 aromatic heterocycles. The number of nitro groups is 1. The first-order chi connectivity index (χ1) is 7.32. The Morgan fingerprint density at radius 3 is 2.50 bits per heavy atom. The van der Waals surface area contributed by atoms with Crippen molar-refractivity contribution in [1.29, 1.82) is 0 Å². The maximum atomic E-state index is 12.5. The molecule has 0 N–H and O–H groups in total. The fourth-order valence-corrected chi connectivity index (χ4v) is 1.55. The van der Waals surface area contributed by atoms with Crippen LogP contribution in [0.1, 0.15) is 11.1 Å². The average molecular weight is 254 g/mol. The van der Waals surface area contributed by atoms with Crippen LogP contribution in [0, 0.1) is 10.1 Å². The molecule has 3 nitrogen and oxygen atoms in total. The maximum Gasteiger partial charge on any atom is 0.416 e. The summed E-state index contributed by atoms with van der Waals surface area (Å²) in [5.41, 5.74) is -1.14. The first kappa shape index (κ1) is 12.8. The summed E-state index contributed by atoms with van der Waals surface area (Å²) < 4.78 is 37.6. The van der Waals surface area contributed by atoms with E-state index in [1.165, 1.54) is 12.1 Å². The minimum atomic E-state index is -4.54. The van der Waals surface area contributed by atoms with Crippen LogP contribution in [-0.2, 0) is 12.6 Å².